The molecule has 3 heterocycles. The Hall–Kier alpha value is -2.68. The number of rotatable bonds is 9. The van der Waals surface area contributed by atoms with Crippen molar-refractivity contribution in [2.75, 3.05) is 58.4 Å². The minimum atomic E-state index is 0.0669. The Labute approximate surface area is 200 Å². The highest BCUT2D eigenvalue weighted by atomic mass is 32.1. The number of likely N-dealkylation sites (N-methyl/N-ethyl adjacent to an activating group) is 1. The van der Waals surface area contributed by atoms with Gasteiger partial charge in [0.05, 0.1) is 22.8 Å². The molecular weight excluding hydrogens is 434 g/mol. The zero-order valence-electron chi connectivity index (χ0n) is 19.7. The summed E-state index contributed by atoms with van der Waals surface area (Å²) in [6.07, 6.45) is 0.795. The SMILES string of the molecule is COCCCN(Cc1c(C)nn(-c2ccccc2)c1N1CCN(C)CC1)C(=O)c1cccs1. The van der Waals surface area contributed by atoms with Gasteiger partial charge in [0, 0.05) is 52.0 Å². The minimum absolute atomic E-state index is 0.0669. The Morgan fingerprint density at radius 1 is 1.12 bits per heavy atom. The van der Waals surface area contributed by atoms with Crippen LogP contribution in [0.1, 0.15) is 27.3 Å². The molecule has 0 bridgehead atoms. The third-order valence-electron chi connectivity index (χ3n) is 6.11. The first-order valence-electron chi connectivity index (χ1n) is 11.5. The summed E-state index contributed by atoms with van der Waals surface area (Å²) in [4.78, 5) is 20.9. The van der Waals surface area contributed by atoms with Crippen LogP contribution in [0.5, 0.6) is 0 Å². The van der Waals surface area contributed by atoms with Crippen molar-refractivity contribution in [2.24, 2.45) is 0 Å². The number of aryl methyl sites for hydroxylation is 1. The summed E-state index contributed by atoms with van der Waals surface area (Å²) in [5, 5.41) is 6.90. The van der Waals surface area contributed by atoms with Crippen LogP contribution >= 0.6 is 11.3 Å². The number of benzene rings is 1. The Kier molecular flexibility index (Phi) is 7.80. The van der Waals surface area contributed by atoms with Crippen LogP contribution in [0.2, 0.25) is 0 Å². The molecule has 0 saturated carbocycles. The van der Waals surface area contributed by atoms with Crippen molar-refractivity contribution < 1.29 is 9.53 Å². The number of ether oxygens (including phenoxy) is 1. The number of nitrogens with zero attached hydrogens (tertiary/aromatic N) is 5. The minimum Gasteiger partial charge on any atom is -0.385 e. The van der Waals surface area contributed by atoms with E-state index < -0.39 is 0 Å². The van der Waals surface area contributed by atoms with E-state index in [1.165, 1.54) is 11.3 Å². The molecule has 4 rings (SSSR count). The highest BCUT2D eigenvalue weighted by Crippen LogP contribution is 2.30. The molecule has 2 aromatic heterocycles. The van der Waals surface area contributed by atoms with Gasteiger partial charge in [0.2, 0.25) is 0 Å². The molecule has 1 aliphatic heterocycles. The highest BCUT2D eigenvalue weighted by molar-refractivity contribution is 7.12. The molecule has 0 spiro atoms. The van der Waals surface area contributed by atoms with E-state index in [2.05, 4.69) is 40.6 Å². The fourth-order valence-corrected chi connectivity index (χ4v) is 4.91. The first-order chi connectivity index (χ1) is 16.1. The Morgan fingerprint density at radius 3 is 2.55 bits per heavy atom. The zero-order chi connectivity index (χ0) is 23.2. The average molecular weight is 468 g/mol. The third kappa shape index (κ3) is 5.46. The number of hydrogen-bond acceptors (Lipinski definition) is 6. The van der Waals surface area contributed by atoms with Crippen molar-refractivity contribution in [1.82, 2.24) is 19.6 Å². The second kappa shape index (κ2) is 11.0. The number of piperazine rings is 1. The Balaban J connectivity index is 1.71. The number of anilines is 1. The first-order valence-corrected chi connectivity index (χ1v) is 12.4. The number of hydrogen-bond donors (Lipinski definition) is 0. The summed E-state index contributed by atoms with van der Waals surface area (Å²) >= 11 is 1.49. The molecule has 1 fully saturated rings. The van der Waals surface area contributed by atoms with E-state index in [1.54, 1.807) is 7.11 Å². The molecule has 1 aliphatic rings. The largest absolute Gasteiger partial charge is 0.385 e. The molecule has 176 valence electrons. The number of carbonyl (C=O) groups is 1. The van der Waals surface area contributed by atoms with E-state index in [0.717, 1.165) is 60.2 Å². The number of carbonyl (C=O) groups excluding carboxylic acids is 1. The van der Waals surface area contributed by atoms with Gasteiger partial charge in [-0.2, -0.15) is 5.10 Å². The quantitative estimate of drug-likeness (QED) is 0.450. The summed E-state index contributed by atoms with van der Waals surface area (Å²) in [6.45, 7) is 7.73. The van der Waals surface area contributed by atoms with Crippen LogP contribution in [0.4, 0.5) is 5.82 Å². The number of aromatic nitrogens is 2. The molecule has 8 heteroatoms. The number of para-hydroxylation sites is 1. The van der Waals surface area contributed by atoms with Gasteiger partial charge in [-0.05, 0) is 44.0 Å². The van der Waals surface area contributed by atoms with E-state index >= 15 is 0 Å². The molecule has 0 unspecified atom stereocenters. The lowest BCUT2D eigenvalue weighted by Gasteiger charge is -2.35. The van der Waals surface area contributed by atoms with E-state index in [9.17, 15) is 4.79 Å². The molecule has 1 amide bonds. The van der Waals surface area contributed by atoms with Crippen molar-refractivity contribution in [2.45, 2.75) is 19.9 Å². The number of amides is 1. The summed E-state index contributed by atoms with van der Waals surface area (Å²) in [5.74, 6) is 1.17. The van der Waals surface area contributed by atoms with E-state index in [1.807, 2.05) is 40.6 Å². The first kappa shape index (κ1) is 23.5. The lowest BCUT2D eigenvalue weighted by atomic mass is 10.1. The maximum atomic E-state index is 13.4. The van der Waals surface area contributed by atoms with Crippen molar-refractivity contribution in [1.29, 1.82) is 0 Å². The van der Waals surface area contributed by atoms with Gasteiger partial charge in [-0.25, -0.2) is 4.68 Å². The maximum absolute atomic E-state index is 13.4. The van der Waals surface area contributed by atoms with Crippen molar-refractivity contribution in [3.63, 3.8) is 0 Å². The van der Waals surface area contributed by atoms with Crippen molar-refractivity contribution in [3.8, 4) is 5.69 Å². The van der Waals surface area contributed by atoms with Crippen LogP contribution in [0, 0.1) is 6.92 Å². The second-order valence-corrected chi connectivity index (χ2v) is 9.42. The molecule has 33 heavy (non-hydrogen) atoms. The van der Waals surface area contributed by atoms with Gasteiger partial charge in [-0.1, -0.05) is 24.3 Å². The van der Waals surface area contributed by atoms with E-state index in [-0.39, 0.29) is 5.91 Å². The van der Waals surface area contributed by atoms with Gasteiger partial charge in [-0.15, -0.1) is 11.3 Å². The number of methoxy groups -OCH3 is 1. The fraction of sp³-hybridized carbons (Fsp3) is 0.440. The molecule has 0 radical (unpaired) electrons. The third-order valence-corrected chi connectivity index (χ3v) is 6.96. The molecule has 1 aromatic carbocycles. The average Bonchev–Trinajstić information content (AvgIpc) is 3.48. The molecule has 7 nitrogen and oxygen atoms in total. The summed E-state index contributed by atoms with van der Waals surface area (Å²) in [6, 6.07) is 14.1. The zero-order valence-corrected chi connectivity index (χ0v) is 20.6. The fourth-order valence-electron chi connectivity index (χ4n) is 4.22. The molecule has 0 aliphatic carbocycles. The van der Waals surface area contributed by atoms with Crippen LogP contribution in [0.15, 0.2) is 47.8 Å². The van der Waals surface area contributed by atoms with Crippen LogP contribution in [0.3, 0.4) is 0 Å². The van der Waals surface area contributed by atoms with Gasteiger partial charge in [0.25, 0.3) is 5.91 Å². The van der Waals surface area contributed by atoms with Crippen LogP contribution < -0.4 is 4.90 Å². The summed E-state index contributed by atoms with van der Waals surface area (Å²) in [5.41, 5.74) is 3.12. The van der Waals surface area contributed by atoms with Crippen LogP contribution in [0.25, 0.3) is 5.69 Å². The topological polar surface area (TPSA) is 53.8 Å². The second-order valence-electron chi connectivity index (χ2n) is 8.48. The van der Waals surface area contributed by atoms with Gasteiger partial charge >= 0.3 is 0 Å². The van der Waals surface area contributed by atoms with E-state index in [0.29, 0.717) is 19.7 Å². The molecule has 3 aromatic rings. The van der Waals surface area contributed by atoms with Crippen molar-refractivity contribution in [3.05, 3.63) is 64.0 Å². The van der Waals surface area contributed by atoms with Gasteiger partial charge in [-0.3, -0.25) is 4.79 Å². The van der Waals surface area contributed by atoms with E-state index in [4.69, 9.17) is 9.84 Å². The summed E-state index contributed by atoms with van der Waals surface area (Å²) in [7, 11) is 3.86. The normalized spacial score (nSPS) is 14.6. The molecule has 0 atom stereocenters. The summed E-state index contributed by atoms with van der Waals surface area (Å²) < 4.78 is 7.32. The molecular formula is C25H33N5O2S. The Bertz CT molecular complexity index is 1030. The number of thiophene rings is 1. The Morgan fingerprint density at radius 2 is 1.88 bits per heavy atom. The van der Waals surface area contributed by atoms with Gasteiger partial charge < -0.3 is 19.4 Å². The van der Waals surface area contributed by atoms with Gasteiger partial charge in [0.1, 0.15) is 5.82 Å². The maximum Gasteiger partial charge on any atom is 0.264 e. The lowest BCUT2D eigenvalue weighted by Crippen LogP contribution is -2.45. The van der Waals surface area contributed by atoms with Crippen molar-refractivity contribution >= 4 is 23.1 Å². The predicted octanol–water partition coefficient (Wildman–Crippen LogP) is 3.67. The van der Waals surface area contributed by atoms with Crippen LogP contribution in [-0.4, -0.2) is 79.0 Å². The van der Waals surface area contributed by atoms with Gasteiger partial charge in [0.15, 0.2) is 0 Å². The monoisotopic (exact) mass is 467 g/mol. The molecule has 0 N–H and O–H groups in total. The smallest absolute Gasteiger partial charge is 0.264 e. The highest BCUT2D eigenvalue weighted by Gasteiger charge is 2.27. The van der Waals surface area contributed by atoms with Crippen LogP contribution in [-0.2, 0) is 11.3 Å². The standard InChI is InChI=1S/C25H33N5O2S/c1-20-22(19-29(12-8-17-32-3)25(31)23-11-7-18-33-23)24(28-15-13-27(2)14-16-28)30(26-20)21-9-5-4-6-10-21/h4-7,9-11,18H,8,12-17,19H2,1-3H3. The lowest BCUT2D eigenvalue weighted by molar-refractivity contribution is 0.0728. The predicted molar refractivity (Wildman–Crippen MR) is 134 cm³/mol. The molecule has 1 saturated heterocycles.